The van der Waals surface area contributed by atoms with Gasteiger partial charge in [0.1, 0.15) is 0 Å². The lowest BCUT2D eigenvalue weighted by molar-refractivity contribution is -0.137. The summed E-state index contributed by atoms with van der Waals surface area (Å²) in [4.78, 5) is 10.3. The first kappa shape index (κ1) is 19.9. The molecule has 0 aliphatic rings. The molecule has 0 aromatic heterocycles. The predicted molar refractivity (Wildman–Crippen MR) is 88.4 cm³/mol. The van der Waals surface area contributed by atoms with Gasteiger partial charge in [-0.1, -0.05) is 63.3 Å². The van der Waals surface area contributed by atoms with Gasteiger partial charge in [0.2, 0.25) is 0 Å². The highest BCUT2D eigenvalue weighted by Crippen LogP contribution is 2.08. The molecule has 3 nitrogen and oxygen atoms in total. The molecule has 21 heavy (non-hydrogen) atoms. The molecule has 0 spiro atoms. The maximum absolute atomic E-state index is 10.3. The minimum absolute atomic E-state index is 0.288. The molecule has 0 heterocycles. The van der Waals surface area contributed by atoms with E-state index in [2.05, 4.69) is 19.1 Å². The molecule has 2 N–H and O–H groups in total. The summed E-state index contributed by atoms with van der Waals surface area (Å²) in [5.74, 6) is -0.689. The van der Waals surface area contributed by atoms with E-state index in [1.54, 1.807) is 0 Å². The molecule has 0 saturated carbocycles. The van der Waals surface area contributed by atoms with E-state index in [-0.39, 0.29) is 6.10 Å². The van der Waals surface area contributed by atoms with Crippen molar-refractivity contribution < 1.29 is 15.0 Å². The highest BCUT2D eigenvalue weighted by atomic mass is 16.4. The molecule has 0 aliphatic heterocycles. The van der Waals surface area contributed by atoms with Gasteiger partial charge in [-0.05, 0) is 32.1 Å². The molecular weight excluding hydrogens is 264 g/mol. The molecule has 0 bridgehead atoms. The monoisotopic (exact) mass is 296 g/mol. The maximum atomic E-state index is 10.3. The molecular formula is C18H32O3. The van der Waals surface area contributed by atoms with Crippen LogP contribution in [0.3, 0.4) is 0 Å². The van der Waals surface area contributed by atoms with Crippen LogP contribution in [0.4, 0.5) is 0 Å². The van der Waals surface area contributed by atoms with Crippen LogP contribution in [0.15, 0.2) is 24.3 Å². The van der Waals surface area contributed by atoms with Crippen LogP contribution >= 0.6 is 0 Å². The van der Waals surface area contributed by atoms with Crippen LogP contribution in [-0.4, -0.2) is 22.3 Å². The minimum Gasteiger partial charge on any atom is -0.481 e. The van der Waals surface area contributed by atoms with E-state index in [0.29, 0.717) is 6.42 Å². The van der Waals surface area contributed by atoms with Crippen molar-refractivity contribution in [2.75, 3.05) is 0 Å². The zero-order chi connectivity index (χ0) is 15.8. The van der Waals surface area contributed by atoms with Gasteiger partial charge < -0.3 is 10.2 Å². The number of aliphatic hydroxyl groups is 1. The van der Waals surface area contributed by atoms with Crippen molar-refractivity contribution in [2.45, 2.75) is 83.7 Å². The summed E-state index contributed by atoms with van der Waals surface area (Å²) in [6.45, 7) is 2.13. The second-order valence-electron chi connectivity index (χ2n) is 5.55. The zero-order valence-corrected chi connectivity index (χ0v) is 13.5. The summed E-state index contributed by atoms with van der Waals surface area (Å²) in [5, 5.41) is 18.1. The molecule has 0 fully saturated rings. The average molecular weight is 296 g/mol. The third-order valence-corrected chi connectivity index (χ3v) is 3.41. The molecule has 3 heteroatoms. The highest BCUT2D eigenvalue weighted by molar-refractivity contribution is 5.66. The van der Waals surface area contributed by atoms with Gasteiger partial charge in [-0.15, -0.1) is 0 Å². The summed E-state index contributed by atoms with van der Waals surface area (Å²) >= 11 is 0. The SMILES string of the molecule is CCCCC(O)/C=C\C/C=C\CCCCCCCC(=O)O. The first-order chi connectivity index (χ1) is 10.2. The van der Waals surface area contributed by atoms with Gasteiger partial charge in [-0.2, -0.15) is 0 Å². The molecule has 0 aromatic carbocycles. The predicted octanol–water partition coefficient (Wildman–Crippen LogP) is 4.86. The molecule has 122 valence electrons. The van der Waals surface area contributed by atoms with Crippen LogP contribution in [0, 0.1) is 0 Å². The van der Waals surface area contributed by atoms with E-state index < -0.39 is 5.97 Å². The normalized spacial score (nSPS) is 13.2. The van der Waals surface area contributed by atoms with Crippen molar-refractivity contribution >= 4 is 5.97 Å². The first-order valence-electron chi connectivity index (χ1n) is 8.38. The van der Waals surface area contributed by atoms with Gasteiger partial charge in [0.25, 0.3) is 0 Å². The van der Waals surface area contributed by atoms with Crippen molar-refractivity contribution in [1.82, 2.24) is 0 Å². The van der Waals surface area contributed by atoms with Crippen molar-refractivity contribution in [2.24, 2.45) is 0 Å². The quantitative estimate of drug-likeness (QED) is 0.355. The topological polar surface area (TPSA) is 57.5 Å². The number of carboxylic acid groups (broad SMARTS) is 1. The van der Waals surface area contributed by atoms with Gasteiger partial charge in [0, 0.05) is 6.42 Å². The summed E-state index contributed by atoms with van der Waals surface area (Å²) in [6, 6.07) is 0. The summed E-state index contributed by atoms with van der Waals surface area (Å²) in [5.41, 5.74) is 0. The third-order valence-electron chi connectivity index (χ3n) is 3.41. The number of allylic oxidation sites excluding steroid dienone is 3. The van der Waals surface area contributed by atoms with Gasteiger partial charge in [0.15, 0.2) is 0 Å². The fourth-order valence-corrected chi connectivity index (χ4v) is 2.11. The number of hydrogen-bond acceptors (Lipinski definition) is 2. The van der Waals surface area contributed by atoms with E-state index in [1.165, 1.54) is 12.8 Å². The molecule has 0 saturated heterocycles. The van der Waals surface area contributed by atoms with Crippen LogP contribution in [0.5, 0.6) is 0 Å². The van der Waals surface area contributed by atoms with E-state index in [0.717, 1.165) is 51.4 Å². The number of hydrogen-bond donors (Lipinski definition) is 2. The smallest absolute Gasteiger partial charge is 0.303 e. The summed E-state index contributed by atoms with van der Waals surface area (Å²) in [7, 11) is 0. The number of carbonyl (C=O) groups is 1. The lowest BCUT2D eigenvalue weighted by atomic mass is 10.1. The Hall–Kier alpha value is -1.09. The minimum atomic E-state index is -0.689. The number of rotatable bonds is 14. The van der Waals surface area contributed by atoms with Crippen molar-refractivity contribution in [1.29, 1.82) is 0 Å². The number of aliphatic carboxylic acids is 1. The van der Waals surface area contributed by atoms with E-state index in [1.807, 2.05) is 12.2 Å². The van der Waals surface area contributed by atoms with Gasteiger partial charge in [0.05, 0.1) is 6.10 Å². The second-order valence-corrected chi connectivity index (χ2v) is 5.55. The lowest BCUT2D eigenvalue weighted by Gasteiger charge is -2.02. The Morgan fingerprint density at radius 1 is 1.00 bits per heavy atom. The van der Waals surface area contributed by atoms with Crippen molar-refractivity contribution in [3.05, 3.63) is 24.3 Å². The zero-order valence-electron chi connectivity index (χ0n) is 13.5. The number of carboxylic acids is 1. The Kier molecular flexibility index (Phi) is 14.5. The first-order valence-corrected chi connectivity index (χ1v) is 8.38. The molecule has 0 amide bonds. The van der Waals surface area contributed by atoms with E-state index >= 15 is 0 Å². The van der Waals surface area contributed by atoms with Crippen LogP contribution in [-0.2, 0) is 4.79 Å². The Balaban J connectivity index is 3.32. The van der Waals surface area contributed by atoms with E-state index in [4.69, 9.17) is 5.11 Å². The third kappa shape index (κ3) is 16.9. The Morgan fingerprint density at radius 2 is 1.71 bits per heavy atom. The Labute approximate surface area is 129 Å². The van der Waals surface area contributed by atoms with Gasteiger partial charge >= 0.3 is 5.97 Å². The highest BCUT2D eigenvalue weighted by Gasteiger charge is 1.96. The second kappa shape index (κ2) is 15.3. The molecule has 0 radical (unpaired) electrons. The Morgan fingerprint density at radius 3 is 2.43 bits per heavy atom. The molecule has 1 atom stereocenters. The Bertz CT molecular complexity index is 295. The summed E-state index contributed by atoms with van der Waals surface area (Å²) in [6.07, 6.45) is 18.6. The van der Waals surface area contributed by atoms with Gasteiger partial charge in [-0.25, -0.2) is 0 Å². The van der Waals surface area contributed by atoms with Crippen LogP contribution in [0.25, 0.3) is 0 Å². The van der Waals surface area contributed by atoms with Crippen LogP contribution in [0.2, 0.25) is 0 Å². The molecule has 0 aliphatic carbocycles. The van der Waals surface area contributed by atoms with E-state index in [9.17, 15) is 9.90 Å². The van der Waals surface area contributed by atoms with Crippen molar-refractivity contribution in [3.63, 3.8) is 0 Å². The van der Waals surface area contributed by atoms with Crippen LogP contribution < -0.4 is 0 Å². The summed E-state index contributed by atoms with van der Waals surface area (Å²) < 4.78 is 0. The molecule has 0 rings (SSSR count). The number of aliphatic hydroxyl groups excluding tert-OH is 1. The van der Waals surface area contributed by atoms with Gasteiger partial charge in [-0.3, -0.25) is 4.79 Å². The standard InChI is InChI=1S/C18H32O3/c1-2-3-14-17(19)15-12-10-8-6-4-5-7-9-11-13-16-18(20)21/h6,8,12,15,17,19H,2-5,7,9-11,13-14,16H2,1H3,(H,20,21)/b8-6-,15-12-. The maximum Gasteiger partial charge on any atom is 0.303 e. The average Bonchev–Trinajstić information content (AvgIpc) is 2.45. The van der Waals surface area contributed by atoms with Crippen LogP contribution in [0.1, 0.15) is 77.6 Å². The molecule has 1 unspecified atom stereocenters. The largest absolute Gasteiger partial charge is 0.481 e. The number of unbranched alkanes of at least 4 members (excludes halogenated alkanes) is 6. The molecule has 0 aromatic rings. The van der Waals surface area contributed by atoms with Crippen molar-refractivity contribution in [3.8, 4) is 0 Å². The lowest BCUT2D eigenvalue weighted by Crippen LogP contribution is -2.00. The fraction of sp³-hybridized carbons (Fsp3) is 0.722. The fourth-order valence-electron chi connectivity index (χ4n) is 2.11.